The molecule has 0 spiro atoms. The summed E-state index contributed by atoms with van der Waals surface area (Å²) in [5.41, 5.74) is 0.699. The van der Waals surface area contributed by atoms with E-state index >= 15 is 0 Å². The SMILES string of the molecule is COc1ccc(C(=O)COc2ccc(N3C(=O)C4C(C3=O)C3C=CC4[C@H]4C[C@@H]34)cc2)cc1F. The second-order valence-corrected chi connectivity index (χ2v) is 9.22. The van der Waals surface area contributed by atoms with E-state index in [2.05, 4.69) is 12.2 Å². The number of benzene rings is 2. The van der Waals surface area contributed by atoms with Gasteiger partial charge in [-0.25, -0.2) is 4.39 Å². The summed E-state index contributed by atoms with van der Waals surface area (Å²) in [5.74, 6) is 0.270. The average Bonchev–Trinajstić information content (AvgIpc) is 3.61. The van der Waals surface area contributed by atoms with Gasteiger partial charge >= 0.3 is 0 Å². The topological polar surface area (TPSA) is 72.9 Å². The van der Waals surface area contributed by atoms with E-state index in [-0.39, 0.29) is 59.2 Å². The first-order valence-corrected chi connectivity index (χ1v) is 11.1. The molecule has 33 heavy (non-hydrogen) atoms. The normalized spacial score (nSPS) is 30.8. The first-order chi connectivity index (χ1) is 16.0. The van der Waals surface area contributed by atoms with Gasteiger partial charge in [0.1, 0.15) is 5.75 Å². The fraction of sp³-hybridized carbons (Fsp3) is 0.346. The van der Waals surface area contributed by atoms with Crippen LogP contribution in [0.5, 0.6) is 11.5 Å². The Labute approximate surface area is 190 Å². The van der Waals surface area contributed by atoms with Gasteiger partial charge in [0.05, 0.1) is 24.6 Å². The van der Waals surface area contributed by atoms with Crippen LogP contribution in [-0.2, 0) is 9.59 Å². The maximum absolute atomic E-state index is 13.8. The van der Waals surface area contributed by atoms with Crippen LogP contribution in [0.4, 0.5) is 10.1 Å². The number of Topliss-reactive ketones (excluding diaryl/α,β-unsaturated/α-hetero) is 1. The maximum Gasteiger partial charge on any atom is 0.238 e. The highest BCUT2D eigenvalue weighted by Gasteiger charge is 2.67. The lowest BCUT2D eigenvalue weighted by atomic mass is 9.63. The van der Waals surface area contributed by atoms with Gasteiger partial charge in [0.25, 0.3) is 0 Å². The van der Waals surface area contributed by atoms with Crippen LogP contribution in [0.25, 0.3) is 0 Å². The Balaban J connectivity index is 1.14. The maximum atomic E-state index is 13.8. The van der Waals surface area contributed by atoms with Crippen molar-refractivity contribution in [2.45, 2.75) is 6.42 Å². The summed E-state index contributed by atoms with van der Waals surface area (Å²) in [6.45, 7) is -0.269. The molecule has 0 radical (unpaired) electrons. The standard InChI is InChI=1S/C26H22FNO5/c1-32-22-9-2-13(10-20(22)27)21(29)12-33-15-5-3-14(4-6-15)28-25(30)23-16-7-8-17(19-11-18(16)19)24(23)26(28)31/h2-10,16-19,23-24H,11-12H2,1H3/t16?,17?,18-,19+,23?,24?. The number of carbonyl (C=O) groups is 3. The van der Waals surface area contributed by atoms with Crippen LogP contribution in [-0.4, -0.2) is 31.3 Å². The molecule has 2 amide bonds. The summed E-state index contributed by atoms with van der Waals surface area (Å²) in [6, 6.07) is 10.6. The monoisotopic (exact) mass is 447 g/mol. The van der Waals surface area contributed by atoms with Crippen molar-refractivity contribution in [3.63, 3.8) is 0 Å². The highest BCUT2D eigenvalue weighted by molar-refractivity contribution is 6.22. The van der Waals surface area contributed by atoms with Crippen LogP contribution >= 0.6 is 0 Å². The Morgan fingerprint density at radius 2 is 1.64 bits per heavy atom. The van der Waals surface area contributed by atoms with E-state index in [1.54, 1.807) is 24.3 Å². The predicted octanol–water partition coefficient (Wildman–Crippen LogP) is 3.65. The fourth-order valence-electron chi connectivity index (χ4n) is 5.97. The summed E-state index contributed by atoms with van der Waals surface area (Å²) in [5, 5.41) is 0. The largest absolute Gasteiger partial charge is 0.494 e. The van der Waals surface area contributed by atoms with Gasteiger partial charge < -0.3 is 9.47 Å². The molecule has 3 fully saturated rings. The molecule has 4 unspecified atom stereocenters. The van der Waals surface area contributed by atoms with Crippen molar-refractivity contribution in [1.29, 1.82) is 0 Å². The zero-order valence-corrected chi connectivity index (χ0v) is 17.9. The highest BCUT2D eigenvalue weighted by atomic mass is 19.1. The van der Waals surface area contributed by atoms with Gasteiger partial charge in [-0.2, -0.15) is 0 Å². The fourth-order valence-corrected chi connectivity index (χ4v) is 5.97. The number of ether oxygens (including phenoxy) is 2. The van der Waals surface area contributed by atoms with Crippen molar-refractivity contribution >= 4 is 23.3 Å². The van der Waals surface area contributed by atoms with Gasteiger partial charge in [-0.3, -0.25) is 19.3 Å². The molecule has 7 rings (SSSR count). The van der Waals surface area contributed by atoms with E-state index < -0.39 is 5.82 Å². The molecule has 6 nitrogen and oxygen atoms in total. The van der Waals surface area contributed by atoms with Crippen molar-refractivity contribution in [2.24, 2.45) is 35.5 Å². The number of imide groups is 1. The third kappa shape index (κ3) is 3.02. The number of hydrogen-bond donors (Lipinski definition) is 0. The Bertz CT molecular complexity index is 1170. The average molecular weight is 447 g/mol. The minimum atomic E-state index is -0.617. The molecule has 2 saturated carbocycles. The Hall–Kier alpha value is -3.48. The van der Waals surface area contributed by atoms with E-state index in [0.29, 0.717) is 23.3 Å². The molecule has 0 N–H and O–H groups in total. The predicted molar refractivity (Wildman–Crippen MR) is 116 cm³/mol. The molecule has 4 aliphatic carbocycles. The van der Waals surface area contributed by atoms with Crippen LogP contribution in [0.2, 0.25) is 0 Å². The van der Waals surface area contributed by atoms with Crippen molar-refractivity contribution in [3.8, 4) is 11.5 Å². The van der Waals surface area contributed by atoms with E-state index in [0.717, 1.165) is 12.5 Å². The first kappa shape index (κ1) is 20.1. The molecule has 7 heteroatoms. The number of amides is 2. The molecular formula is C26H22FNO5. The Morgan fingerprint density at radius 1 is 1.00 bits per heavy atom. The van der Waals surface area contributed by atoms with Crippen LogP contribution in [0.1, 0.15) is 16.8 Å². The molecule has 2 aromatic carbocycles. The quantitative estimate of drug-likeness (QED) is 0.384. The zero-order chi connectivity index (χ0) is 22.9. The van der Waals surface area contributed by atoms with E-state index in [4.69, 9.17) is 9.47 Å². The van der Waals surface area contributed by atoms with E-state index in [9.17, 15) is 18.8 Å². The van der Waals surface area contributed by atoms with Crippen LogP contribution in [0, 0.1) is 41.3 Å². The molecular weight excluding hydrogens is 425 g/mol. The molecule has 2 bridgehead atoms. The minimum absolute atomic E-state index is 0.0646. The number of halogens is 1. The summed E-state index contributed by atoms with van der Waals surface area (Å²) < 4.78 is 24.2. The molecule has 0 aromatic heterocycles. The van der Waals surface area contributed by atoms with Crippen molar-refractivity contribution in [2.75, 3.05) is 18.6 Å². The zero-order valence-electron chi connectivity index (χ0n) is 17.9. The number of nitrogens with zero attached hydrogens (tertiary/aromatic N) is 1. The van der Waals surface area contributed by atoms with Gasteiger partial charge in [0.2, 0.25) is 11.8 Å². The lowest BCUT2D eigenvalue weighted by molar-refractivity contribution is -0.124. The van der Waals surface area contributed by atoms with Gasteiger partial charge in [-0.1, -0.05) is 12.2 Å². The smallest absolute Gasteiger partial charge is 0.238 e. The second kappa shape index (κ2) is 7.27. The third-order valence-corrected chi connectivity index (χ3v) is 7.60. The van der Waals surface area contributed by atoms with E-state index in [1.165, 1.54) is 24.1 Å². The second-order valence-electron chi connectivity index (χ2n) is 9.22. The van der Waals surface area contributed by atoms with Crippen LogP contribution < -0.4 is 14.4 Å². The van der Waals surface area contributed by atoms with Gasteiger partial charge in [0, 0.05) is 5.56 Å². The molecule has 1 heterocycles. The number of rotatable bonds is 6. The van der Waals surface area contributed by atoms with Crippen molar-refractivity contribution in [1.82, 2.24) is 0 Å². The molecule has 1 saturated heterocycles. The molecule has 1 aliphatic heterocycles. The van der Waals surface area contributed by atoms with Crippen LogP contribution in [0.3, 0.4) is 0 Å². The third-order valence-electron chi connectivity index (χ3n) is 7.60. The number of ketones is 1. The Morgan fingerprint density at radius 3 is 2.21 bits per heavy atom. The van der Waals surface area contributed by atoms with Crippen molar-refractivity contribution < 1.29 is 28.2 Å². The minimum Gasteiger partial charge on any atom is -0.494 e. The molecule has 168 valence electrons. The van der Waals surface area contributed by atoms with Gasteiger partial charge in [-0.05, 0) is 72.6 Å². The van der Waals surface area contributed by atoms with E-state index in [1.807, 2.05) is 0 Å². The lowest BCUT2D eigenvalue weighted by Gasteiger charge is -2.37. The van der Waals surface area contributed by atoms with Gasteiger partial charge in [0.15, 0.2) is 24.0 Å². The lowest BCUT2D eigenvalue weighted by Crippen LogP contribution is -2.40. The summed E-state index contributed by atoms with van der Waals surface area (Å²) in [4.78, 5) is 40.0. The van der Waals surface area contributed by atoms with Crippen LogP contribution in [0.15, 0.2) is 54.6 Å². The molecule has 2 aromatic rings. The van der Waals surface area contributed by atoms with Gasteiger partial charge in [-0.15, -0.1) is 0 Å². The number of allylic oxidation sites excluding steroid dienone is 2. The summed E-state index contributed by atoms with van der Waals surface area (Å²) in [6.07, 6.45) is 5.43. The number of methoxy groups -OCH3 is 1. The summed E-state index contributed by atoms with van der Waals surface area (Å²) >= 11 is 0. The number of hydrogen-bond acceptors (Lipinski definition) is 5. The first-order valence-electron chi connectivity index (χ1n) is 11.1. The highest BCUT2D eigenvalue weighted by Crippen LogP contribution is 2.65. The van der Waals surface area contributed by atoms with Crippen molar-refractivity contribution in [3.05, 3.63) is 66.0 Å². The Kier molecular flexibility index (Phi) is 4.44. The molecule has 6 atom stereocenters. The summed E-state index contributed by atoms with van der Waals surface area (Å²) in [7, 11) is 1.35. The number of anilines is 1. The molecule has 5 aliphatic rings. The number of carbonyl (C=O) groups excluding carboxylic acids is 3.